The van der Waals surface area contributed by atoms with Gasteiger partial charge in [-0.05, 0) is 61.4 Å². The molecule has 1 fully saturated rings. The van der Waals surface area contributed by atoms with Crippen LogP contribution in [-0.4, -0.2) is 26.0 Å². The summed E-state index contributed by atoms with van der Waals surface area (Å²) >= 11 is 1.53. The number of anilines is 2. The highest BCUT2D eigenvalue weighted by Gasteiger charge is 2.36. The number of aromatic nitrogens is 3. The smallest absolute Gasteiger partial charge is 0.433 e. The normalized spacial score (nSPS) is 21.3. The van der Waals surface area contributed by atoms with Gasteiger partial charge in [-0.25, -0.2) is 15.0 Å². The number of benzene rings is 1. The Balaban J connectivity index is 1.61. The van der Waals surface area contributed by atoms with E-state index in [2.05, 4.69) is 20.3 Å². The van der Waals surface area contributed by atoms with E-state index < -0.39 is 23.8 Å². The van der Waals surface area contributed by atoms with E-state index >= 15 is 0 Å². The summed E-state index contributed by atoms with van der Waals surface area (Å²) in [5, 5.41) is 15.4. The molecular weight excluding hydrogens is 441 g/mol. The van der Waals surface area contributed by atoms with Crippen molar-refractivity contribution in [3.8, 4) is 0 Å². The van der Waals surface area contributed by atoms with Gasteiger partial charge in [0.1, 0.15) is 5.69 Å². The largest absolute Gasteiger partial charge is 0.481 e. The third kappa shape index (κ3) is 5.07. The molecule has 4 rings (SSSR count). The van der Waals surface area contributed by atoms with E-state index in [4.69, 9.17) is 0 Å². The third-order valence-electron chi connectivity index (χ3n) is 5.63. The van der Waals surface area contributed by atoms with Crippen LogP contribution in [0.15, 0.2) is 42.0 Å². The van der Waals surface area contributed by atoms with Crippen LogP contribution in [0.1, 0.15) is 52.9 Å². The van der Waals surface area contributed by atoms with Crippen molar-refractivity contribution in [3.05, 3.63) is 63.9 Å². The van der Waals surface area contributed by atoms with E-state index in [0.29, 0.717) is 18.5 Å². The van der Waals surface area contributed by atoms with E-state index in [1.54, 1.807) is 12.3 Å². The Kier molecular flexibility index (Phi) is 6.14. The average molecular weight is 462 g/mol. The lowest BCUT2D eigenvalue weighted by molar-refractivity contribution is -0.143. The number of nitrogens with zero attached hydrogens (tertiary/aromatic N) is 3. The summed E-state index contributed by atoms with van der Waals surface area (Å²) in [6.45, 7) is 1.89. The number of carboxylic acid groups (broad SMARTS) is 1. The van der Waals surface area contributed by atoms with Crippen molar-refractivity contribution in [2.75, 3.05) is 5.32 Å². The van der Waals surface area contributed by atoms with Crippen LogP contribution in [0.2, 0.25) is 0 Å². The first-order valence-corrected chi connectivity index (χ1v) is 11.0. The zero-order valence-electron chi connectivity index (χ0n) is 17.1. The fourth-order valence-corrected chi connectivity index (χ4v) is 5.02. The first kappa shape index (κ1) is 22.2. The average Bonchev–Trinajstić information content (AvgIpc) is 3.27. The van der Waals surface area contributed by atoms with E-state index in [0.717, 1.165) is 34.8 Å². The maximum Gasteiger partial charge on any atom is 0.433 e. The Labute approximate surface area is 186 Å². The number of aliphatic carboxylic acids is 1. The zero-order valence-corrected chi connectivity index (χ0v) is 18.0. The molecule has 2 heterocycles. The van der Waals surface area contributed by atoms with E-state index in [1.807, 2.05) is 24.4 Å². The van der Waals surface area contributed by atoms with E-state index in [1.165, 1.54) is 11.3 Å². The molecule has 3 atom stereocenters. The molecule has 32 heavy (non-hydrogen) atoms. The summed E-state index contributed by atoms with van der Waals surface area (Å²) in [7, 11) is 0. The van der Waals surface area contributed by atoms with Gasteiger partial charge in [0.25, 0.3) is 0 Å². The lowest BCUT2D eigenvalue weighted by atomic mass is 9.72. The van der Waals surface area contributed by atoms with Gasteiger partial charge >= 0.3 is 12.1 Å². The minimum absolute atomic E-state index is 0.0124. The number of halogens is 3. The summed E-state index contributed by atoms with van der Waals surface area (Å²) < 4.78 is 38.9. The molecule has 0 aliphatic heterocycles. The van der Waals surface area contributed by atoms with Gasteiger partial charge in [0.2, 0.25) is 5.95 Å². The maximum absolute atomic E-state index is 13.0. The zero-order chi connectivity index (χ0) is 22.9. The molecule has 6 nitrogen and oxygen atoms in total. The third-order valence-corrected chi connectivity index (χ3v) is 6.57. The summed E-state index contributed by atoms with van der Waals surface area (Å²) in [6.07, 6.45) is 0.0416. The van der Waals surface area contributed by atoms with Crippen molar-refractivity contribution in [3.63, 3.8) is 0 Å². The van der Waals surface area contributed by atoms with Crippen molar-refractivity contribution in [2.24, 2.45) is 5.92 Å². The second kappa shape index (κ2) is 8.85. The molecule has 168 valence electrons. The van der Waals surface area contributed by atoms with Crippen LogP contribution < -0.4 is 5.32 Å². The molecule has 0 spiro atoms. The fraction of sp³-hybridized carbons (Fsp3) is 0.364. The van der Waals surface area contributed by atoms with Gasteiger partial charge in [0.15, 0.2) is 0 Å². The molecule has 1 aliphatic rings. The SMILES string of the molecule is Cc1cc(Nc2nccc(C(F)(F)F)n2)cc(C2CC(C(=O)O)CC(c3nccs3)C2)c1. The number of carbonyl (C=O) groups is 1. The summed E-state index contributed by atoms with van der Waals surface area (Å²) in [5.41, 5.74) is 1.38. The summed E-state index contributed by atoms with van der Waals surface area (Å²) in [4.78, 5) is 23.6. The van der Waals surface area contributed by atoms with Crippen LogP contribution in [0.3, 0.4) is 0 Å². The second-order valence-electron chi connectivity index (χ2n) is 8.03. The van der Waals surface area contributed by atoms with E-state index in [9.17, 15) is 23.1 Å². The Hall–Kier alpha value is -3.01. The molecule has 10 heteroatoms. The number of hydrogen-bond donors (Lipinski definition) is 2. The number of alkyl halides is 3. The molecule has 3 aromatic rings. The second-order valence-corrected chi connectivity index (χ2v) is 8.95. The Morgan fingerprint density at radius 1 is 1.12 bits per heavy atom. The molecule has 1 aromatic carbocycles. The summed E-state index contributed by atoms with van der Waals surface area (Å²) in [5.74, 6) is -1.41. The highest BCUT2D eigenvalue weighted by molar-refractivity contribution is 7.09. The molecule has 0 amide bonds. The van der Waals surface area contributed by atoms with Gasteiger partial charge in [-0.2, -0.15) is 13.2 Å². The Bertz CT molecular complexity index is 1100. The standard InChI is InChI=1S/C22H21F3N4O2S/c1-12-6-13(11-17(7-12)28-21-27-3-2-18(29-21)22(23,24)25)14-8-15(19-26-4-5-32-19)10-16(9-14)20(30)31/h2-7,11,14-16H,8-10H2,1H3,(H,30,31)(H,27,28,29). The Morgan fingerprint density at radius 2 is 1.91 bits per heavy atom. The lowest BCUT2D eigenvalue weighted by Crippen LogP contribution is -2.26. The quantitative estimate of drug-likeness (QED) is 0.502. The first-order valence-electron chi connectivity index (χ1n) is 10.1. The van der Waals surface area contributed by atoms with Gasteiger partial charge in [-0.15, -0.1) is 11.3 Å². The van der Waals surface area contributed by atoms with Crippen LogP contribution >= 0.6 is 11.3 Å². The van der Waals surface area contributed by atoms with Crippen LogP contribution in [-0.2, 0) is 11.0 Å². The van der Waals surface area contributed by atoms with Crippen molar-refractivity contribution in [2.45, 2.75) is 44.2 Å². The molecule has 0 saturated heterocycles. The maximum atomic E-state index is 13.0. The van der Waals surface area contributed by atoms with Gasteiger partial charge in [0.05, 0.1) is 10.9 Å². The number of aryl methyl sites for hydroxylation is 1. The minimum Gasteiger partial charge on any atom is -0.481 e. The molecule has 3 unspecified atom stereocenters. The van der Waals surface area contributed by atoms with Gasteiger partial charge < -0.3 is 10.4 Å². The van der Waals surface area contributed by atoms with Crippen molar-refractivity contribution >= 4 is 28.9 Å². The van der Waals surface area contributed by atoms with Crippen molar-refractivity contribution in [1.82, 2.24) is 15.0 Å². The van der Waals surface area contributed by atoms with Crippen LogP contribution in [0.25, 0.3) is 0 Å². The van der Waals surface area contributed by atoms with Crippen molar-refractivity contribution in [1.29, 1.82) is 0 Å². The van der Waals surface area contributed by atoms with Crippen LogP contribution in [0.4, 0.5) is 24.8 Å². The highest BCUT2D eigenvalue weighted by Crippen LogP contribution is 2.45. The van der Waals surface area contributed by atoms with Crippen LogP contribution in [0, 0.1) is 12.8 Å². The molecule has 0 bridgehead atoms. The molecule has 1 saturated carbocycles. The van der Waals surface area contributed by atoms with Crippen molar-refractivity contribution < 1.29 is 23.1 Å². The first-order chi connectivity index (χ1) is 15.2. The number of rotatable bonds is 5. The molecule has 1 aliphatic carbocycles. The predicted octanol–water partition coefficient (Wildman–Crippen LogP) is 5.76. The lowest BCUT2D eigenvalue weighted by Gasteiger charge is -2.32. The topological polar surface area (TPSA) is 88.0 Å². The predicted molar refractivity (Wildman–Crippen MR) is 114 cm³/mol. The highest BCUT2D eigenvalue weighted by atomic mass is 32.1. The number of hydrogen-bond acceptors (Lipinski definition) is 6. The van der Waals surface area contributed by atoms with Gasteiger partial charge in [-0.3, -0.25) is 4.79 Å². The number of carboxylic acids is 1. The monoisotopic (exact) mass is 462 g/mol. The minimum atomic E-state index is -4.56. The van der Waals surface area contributed by atoms with E-state index in [-0.39, 0.29) is 17.8 Å². The Morgan fingerprint density at radius 3 is 2.59 bits per heavy atom. The molecule has 2 aromatic heterocycles. The molecular formula is C22H21F3N4O2S. The number of nitrogens with one attached hydrogen (secondary N) is 1. The molecule has 2 N–H and O–H groups in total. The van der Waals surface area contributed by atoms with Crippen LogP contribution in [0.5, 0.6) is 0 Å². The van der Waals surface area contributed by atoms with Gasteiger partial charge in [0, 0.05) is 29.4 Å². The molecule has 0 radical (unpaired) electrons. The summed E-state index contributed by atoms with van der Waals surface area (Å²) in [6, 6.07) is 6.44. The number of thiazole rings is 1. The van der Waals surface area contributed by atoms with Gasteiger partial charge in [-0.1, -0.05) is 6.07 Å². The fourth-order valence-electron chi connectivity index (χ4n) is 4.26.